The van der Waals surface area contributed by atoms with E-state index >= 15 is 0 Å². The highest BCUT2D eigenvalue weighted by Crippen LogP contribution is 2.50. The Balaban J connectivity index is 1.59. The van der Waals surface area contributed by atoms with Crippen molar-refractivity contribution in [1.82, 2.24) is 0 Å². The Morgan fingerprint density at radius 2 is 1.88 bits per heavy atom. The fourth-order valence-corrected chi connectivity index (χ4v) is 4.47. The van der Waals surface area contributed by atoms with E-state index in [-0.39, 0.29) is 5.78 Å². The lowest BCUT2D eigenvalue weighted by atomic mass is 9.76. The van der Waals surface area contributed by atoms with Gasteiger partial charge in [-0.3, -0.25) is 4.79 Å². The minimum Gasteiger partial charge on any atom is -0.382 e. The number of aliphatic hydroxyl groups is 1. The van der Waals surface area contributed by atoms with Crippen molar-refractivity contribution >= 4 is 5.78 Å². The van der Waals surface area contributed by atoms with Crippen LogP contribution in [0.5, 0.6) is 0 Å². The molecule has 0 aromatic rings. The van der Waals surface area contributed by atoms with Crippen LogP contribution in [0, 0.1) is 17.8 Å². The molecule has 2 nitrogen and oxygen atoms in total. The molecule has 0 aliphatic heterocycles. The average molecular weight is 236 g/mol. The van der Waals surface area contributed by atoms with Crippen molar-refractivity contribution in [2.75, 3.05) is 0 Å². The van der Waals surface area contributed by atoms with E-state index in [9.17, 15) is 9.90 Å². The van der Waals surface area contributed by atoms with E-state index in [1.54, 1.807) is 0 Å². The van der Waals surface area contributed by atoms with Crippen LogP contribution in [0.3, 0.4) is 0 Å². The number of rotatable bonds is 3. The third kappa shape index (κ3) is 2.16. The number of hydrogen-bond donors (Lipinski definition) is 1. The fraction of sp³-hybridized carbons (Fsp3) is 0.933. The molecule has 2 heteroatoms. The monoisotopic (exact) mass is 236 g/mol. The molecule has 3 unspecified atom stereocenters. The van der Waals surface area contributed by atoms with Crippen molar-refractivity contribution in [2.24, 2.45) is 17.8 Å². The number of Topliss-reactive ketones (excluding diaryl/α,β-unsaturated/α-hetero) is 1. The first-order valence-corrected chi connectivity index (χ1v) is 7.43. The summed E-state index contributed by atoms with van der Waals surface area (Å²) in [5.74, 6) is 2.47. The highest BCUT2D eigenvalue weighted by atomic mass is 16.3. The molecular formula is C15H24O2. The van der Waals surface area contributed by atoms with Crippen LogP contribution in [-0.4, -0.2) is 16.5 Å². The maximum Gasteiger partial charge on any atom is 0.164 e. The molecule has 3 aliphatic carbocycles. The van der Waals surface area contributed by atoms with E-state index in [4.69, 9.17) is 0 Å². The second-order valence-electron chi connectivity index (χ2n) is 6.65. The first-order chi connectivity index (χ1) is 8.17. The first kappa shape index (κ1) is 11.7. The lowest BCUT2D eigenvalue weighted by Gasteiger charge is -2.32. The molecule has 0 aromatic heterocycles. The third-order valence-electron chi connectivity index (χ3n) is 5.53. The lowest BCUT2D eigenvalue weighted by Crippen LogP contribution is -2.41. The summed E-state index contributed by atoms with van der Waals surface area (Å²) < 4.78 is 0. The Hall–Kier alpha value is -0.370. The molecule has 2 bridgehead atoms. The van der Waals surface area contributed by atoms with Gasteiger partial charge in [-0.1, -0.05) is 25.7 Å². The van der Waals surface area contributed by atoms with Gasteiger partial charge in [0.1, 0.15) is 5.60 Å². The zero-order chi connectivity index (χ0) is 11.9. The quantitative estimate of drug-likeness (QED) is 0.817. The third-order valence-corrected chi connectivity index (χ3v) is 5.53. The van der Waals surface area contributed by atoms with Crippen molar-refractivity contribution in [1.29, 1.82) is 0 Å². The van der Waals surface area contributed by atoms with Crippen LogP contribution < -0.4 is 0 Å². The Bertz CT molecular complexity index is 304. The molecule has 0 heterocycles. The zero-order valence-corrected chi connectivity index (χ0v) is 10.7. The topological polar surface area (TPSA) is 37.3 Å². The summed E-state index contributed by atoms with van der Waals surface area (Å²) in [6.45, 7) is 0. The number of hydrogen-bond acceptors (Lipinski definition) is 2. The van der Waals surface area contributed by atoms with E-state index in [1.807, 2.05) is 0 Å². The summed E-state index contributed by atoms with van der Waals surface area (Å²) in [4.78, 5) is 12.3. The molecule has 3 fully saturated rings. The SMILES string of the molecule is O=C(CC1CC2CCC1C2)C1(O)CCCCC1. The van der Waals surface area contributed by atoms with Gasteiger partial charge in [0, 0.05) is 6.42 Å². The van der Waals surface area contributed by atoms with Crippen LogP contribution >= 0.6 is 0 Å². The summed E-state index contributed by atoms with van der Waals surface area (Å²) in [5.41, 5.74) is -0.944. The second-order valence-corrected chi connectivity index (χ2v) is 6.65. The Morgan fingerprint density at radius 1 is 1.12 bits per heavy atom. The molecule has 0 saturated heterocycles. The number of carbonyl (C=O) groups excluding carboxylic acids is 1. The van der Waals surface area contributed by atoms with Gasteiger partial charge in [-0.05, 0) is 49.9 Å². The average Bonchev–Trinajstić information content (AvgIpc) is 2.92. The van der Waals surface area contributed by atoms with Crippen LogP contribution in [0.15, 0.2) is 0 Å². The predicted molar refractivity (Wildman–Crippen MR) is 66.6 cm³/mol. The molecular weight excluding hydrogens is 212 g/mol. The van der Waals surface area contributed by atoms with E-state index in [0.29, 0.717) is 25.2 Å². The van der Waals surface area contributed by atoms with E-state index in [0.717, 1.165) is 24.7 Å². The van der Waals surface area contributed by atoms with E-state index in [2.05, 4.69) is 0 Å². The van der Waals surface area contributed by atoms with Crippen LogP contribution in [0.2, 0.25) is 0 Å². The zero-order valence-electron chi connectivity index (χ0n) is 10.7. The van der Waals surface area contributed by atoms with Crippen LogP contribution in [0.25, 0.3) is 0 Å². The molecule has 3 rings (SSSR count). The Labute approximate surface area is 104 Å². The Kier molecular flexibility index (Phi) is 3.02. The van der Waals surface area contributed by atoms with Gasteiger partial charge < -0.3 is 5.11 Å². The molecule has 3 atom stereocenters. The molecule has 1 N–H and O–H groups in total. The van der Waals surface area contributed by atoms with Gasteiger partial charge in [0.15, 0.2) is 5.78 Å². The minimum absolute atomic E-state index is 0.162. The van der Waals surface area contributed by atoms with Gasteiger partial charge in [-0.25, -0.2) is 0 Å². The van der Waals surface area contributed by atoms with E-state index < -0.39 is 5.60 Å². The van der Waals surface area contributed by atoms with Gasteiger partial charge >= 0.3 is 0 Å². The van der Waals surface area contributed by atoms with Gasteiger partial charge in [-0.2, -0.15) is 0 Å². The van der Waals surface area contributed by atoms with Crippen molar-refractivity contribution < 1.29 is 9.90 Å². The lowest BCUT2D eigenvalue weighted by molar-refractivity contribution is -0.142. The fourth-order valence-electron chi connectivity index (χ4n) is 4.47. The summed E-state index contributed by atoms with van der Waals surface area (Å²) >= 11 is 0. The maximum atomic E-state index is 12.3. The number of ketones is 1. The predicted octanol–water partition coefficient (Wildman–Crippen LogP) is 3.08. The molecule has 0 amide bonds. The second kappa shape index (κ2) is 4.38. The van der Waals surface area contributed by atoms with Gasteiger partial charge in [0.05, 0.1) is 0 Å². The maximum absolute atomic E-state index is 12.3. The molecule has 0 aromatic carbocycles. The van der Waals surface area contributed by atoms with Crippen molar-refractivity contribution in [2.45, 2.75) is 69.8 Å². The standard InChI is InChI=1S/C15H24O2/c16-14(15(17)6-2-1-3-7-15)10-13-9-11-4-5-12(13)8-11/h11-13,17H,1-10H2. The summed E-state index contributed by atoms with van der Waals surface area (Å²) in [6.07, 6.45) is 10.7. The number of fused-ring (bicyclic) bond motifs is 2. The highest BCUT2D eigenvalue weighted by molar-refractivity contribution is 5.87. The molecule has 3 aliphatic rings. The summed E-state index contributed by atoms with van der Waals surface area (Å²) in [6, 6.07) is 0. The Morgan fingerprint density at radius 3 is 2.47 bits per heavy atom. The molecule has 0 radical (unpaired) electrons. The number of carbonyl (C=O) groups is 1. The van der Waals surface area contributed by atoms with E-state index in [1.165, 1.54) is 32.1 Å². The van der Waals surface area contributed by atoms with Crippen LogP contribution in [-0.2, 0) is 4.79 Å². The minimum atomic E-state index is -0.944. The molecule has 3 saturated carbocycles. The van der Waals surface area contributed by atoms with Gasteiger partial charge in [0.2, 0.25) is 0 Å². The molecule has 0 spiro atoms. The highest BCUT2D eigenvalue weighted by Gasteiger charge is 2.44. The van der Waals surface area contributed by atoms with Crippen LogP contribution in [0.1, 0.15) is 64.2 Å². The largest absolute Gasteiger partial charge is 0.382 e. The normalized spacial score (nSPS) is 39.5. The summed E-state index contributed by atoms with van der Waals surface area (Å²) in [5, 5.41) is 10.4. The summed E-state index contributed by atoms with van der Waals surface area (Å²) in [7, 11) is 0. The van der Waals surface area contributed by atoms with Gasteiger partial charge in [0.25, 0.3) is 0 Å². The van der Waals surface area contributed by atoms with Crippen molar-refractivity contribution in [3.05, 3.63) is 0 Å². The van der Waals surface area contributed by atoms with Crippen molar-refractivity contribution in [3.8, 4) is 0 Å². The first-order valence-electron chi connectivity index (χ1n) is 7.43. The van der Waals surface area contributed by atoms with Crippen LogP contribution in [0.4, 0.5) is 0 Å². The smallest absolute Gasteiger partial charge is 0.164 e. The molecule has 17 heavy (non-hydrogen) atoms. The van der Waals surface area contributed by atoms with Crippen molar-refractivity contribution in [3.63, 3.8) is 0 Å². The van der Waals surface area contributed by atoms with Gasteiger partial charge in [-0.15, -0.1) is 0 Å². The molecule has 96 valence electrons.